The minimum Gasteiger partial charge on any atom is -0.466 e. The second-order valence-corrected chi connectivity index (χ2v) is 17.0. The molecule has 17 heteroatoms. The van der Waals surface area contributed by atoms with Crippen molar-refractivity contribution in [3.05, 3.63) is 59.8 Å². The number of unbranched alkanes of at least 4 members (excludes halogenated alkanes) is 1. The van der Waals surface area contributed by atoms with Gasteiger partial charge in [-0.3, -0.25) is 9.59 Å². The van der Waals surface area contributed by atoms with Gasteiger partial charge in [0.05, 0.1) is 62.7 Å². The lowest BCUT2D eigenvalue weighted by Gasteiger charge is -2.53. The van der Waals surface area contributed by atoms with E-state index in [0.717, 1.165) is 32.1 Å². The largest absolute Gasteiger partial charge is 0.466 e. The summed E-state index contributed by atoms with van der Waals surface area (Å²) in [5.41, 5.74) is -0.511. The van der Waals surface area contributed by atoms with Crippen molar-refractivity contribution in [2.75, 3.05) is 14.2 Å². The molecule has 4 heterocycles. The zero-order chi connectivity index (χ0) is 45.8. The lowest BCUT2D eigenvalue weighted by molar-refractivity contribution is -0.348. The van der Waals surface area contributed by atoms with Crippen LogP contribution in [-0.2, 0) is 61.9 Å². The van der Waals surface area contributed by atoms with E-state index in [0.29, 0.717) is 5.57 Å². The van der Waals surface area contributed by atoms with E-state index in [1.54, 1.807) is 26.0 Å². The average Bonchev–Trinajstić information content (AvgIpc) is 3.17. The molecule has 17 nitrogen and oxygen atoms in total. The van der Waals surface area contributed by atoms with Crippen molar-refractivity contribution in [2.45, 2.75) is 172 Å². The van der Waals surface area contributed by atoms with E-state index >= 15 is 0 Å². The van der Waals surface area contributed by atoms with Crippen LogP contribution in [0.4, 0.5) is 0 Å². The second kappa shape index (κ2) is 22.4. The van der Waals surface area contributed by atoms with E-state index in [2.05, 4.69) is 0 Å². The Morgan fingerprint density at radius 2 is 1.61 bits per heavy atom. The Hall–Kier alpha value is -4.23. The van der Waals surface area contributed by atoms with Gasteiger partial charge in [0.15, 0.2) is 11.9 Å². The number of rotatable bonds is 9. The number of hydrogen-bond donors (Lipinski definition) is 4. The number of fused-ring (bicyclic) bond motifs is 6. The molecule has 0 saturated carbocycles. The van der Waals surface area contributed by atoms with E-state index in [1.807, 2.05) is 13.0 Å². The Balaban J connectivity index is 1.81. The second-order valence-electron chi connectivity index (χ2n) is 17.0. The van der Waals surface area contributed by atoms with Gasteiger partial charge in [0.25, 0.3) is 0 Å². The smallest absolute Gasteiger partial charge is 0.331 e. The molecule has 346 valence electrons. The Labute approximate surface area is 362 Å². The summed E-state index contributed by atoms with van der Waals surface area (Å²) in [7, 11) is 2.40. The van der Waals surface area contributed by atoms with Gasteiger partial charge in [0, 0.05) is 57.3 Å². The van der Waals surface area contributed by atoms with Crippen LogP contribution in [0.3, 0.4) is 0 Å². The third-order valence-corrected chi connectivity index (χ3v) is 11.6. The van der Waals surface area contributed by atoms with Crippen molar-refractivity contribution in [1.29, 1.82) is 0 Å². The molecule has 0 amide bonds. The number of carbonyl (C=O) groups excluding carboxylic acids is 5. The van der Waals surface area contributed by atoms with Crippen LogP contribution in [-0.4, -0.2) is 131 Å². The van der Waals surface area contributed by atoms with Crippen LogP contribution in [0.5, 0.6) is 0 Å². The van der Waals surface area contributed by atoms with Gasteiger partial charge in [-0.05, 0) is 38.2 Å². The molecule has 3 fully saturated rings. The molecule has 0 aliphatic carbocycles. The zero-order valence-corrected chi connectivity index (χ0v) is 36.7. The third kappa shape index (κ3) is 13.9. The van der Waals surface area contributed by atoms with Crippen LogP contribution in [0.2, 0.25) is 0 Å². The SMILES string of the molecule is CCC/C=C/C=C/C(=O)O[C@H]1/C(=C/C(=O)OC)C[C@H]2C[C@H]([C@@H](C)O)OC(=O)C[C@H](O)C[C@@H]3C[C@H](OC(C)=O)C(C)(C)[C@](O)(C[C@@H]4C/C(=C/C(=O)OC)C[C@H](/C=C/C[C@]1(O)O2)O4)O3. The van der Waals surface area contributed by atoms with Crippen LogP contribution in [0.1, 0.15) is 105 Å². The molecular formula is C45H64O17. The summed E-state index contributed by atoms with van der Waals surface area (Å²) in [5.74, 6) is -8.17. The molecule has 0 aromatic heterocycles. The topological polar surface area (TPSA) is 240 Å². The van der Waals surface area contributed by atoms with Gasteiger partial charge in [-0.25, -0.2) is 14.4 Å². The number of carbonyl (C=O) groups is 5. The Morgan fingerprint density at radius 1 is 0.903 bits per heavy atom. The van der Waals surface area contributed by atoms with Crippen LogP contribution >= 0.6 is 0 Å². The summed E-state index contributed by atoms with van der Waals surface area (Å²) in [6.07, 6.45) is 2.38. The van der Waals surface area contributed by atoms with Gasteiger partial charge in [-0.1, -0.05) is 63.1 Å². The number of cyclic esters (lactones) is 1. The molecule has 0 aromatic rings. The molecular weight excluding hydrogens is 812 g/mol. The van der Waals surface area contributed by atoms with Crippen molar-refractivity contribution in [3.63, 3.8) is 0 Å². The molecule has 4 aliphatic heterocycles. The standard InChI is InChI=1S/C45H64O17/c1-8-9-10-11-12-15-38(49)60-42-30(21-40(51)56-7)20-33-24-36(27(2)46)59-41(52)23-31(48)22-34-25-37(57-28(3)47)43(4,5)45(54,62-34)26-35-18-29(19-39(50)55-6)17-32(58-35)14-13-16-44(42,53)61-33/h10-15,19,21,27,31-37,42,46,48,53-54H,8-9,16-18,20,22-26H2,1-7H3/b11-10+,14-13+,15-12+,29-19+,30-21+/t27-,31-,32+,33+,34-,35+,36-,37+,42+,44+,45+/m1/s1. The highest BCUT2D eigenvalue weighted by atomic mass is 16.7. The van der Waals surface area contributed by atoms with Gasteiger partial charge < -0.3 is 58.3 Å². The minimum atomic E-state index is -2.36. The highest BCUT2D eigenvalue weighted by Crippen LogP contribution is 2.49. The fourth-order valence-corrected chi connectivity index (χ4v) is 8.24. The predicted octanol–water partition coefficient (Wildman–Crippen LogP) is 3.64. The Kier molecular flexibility index (Phi) is 18.2. The number of esters is 5. The average molecular weight is 877 g/mol. The monoisotopic (exact) mass is 876 g/mol. The maximum atomic E-state index is 13.3. The summed E-state index contributed by atoms with van der Waals surface area (Å²) in [6, 6.07) is 0. The molecule has 4 N–H and O–H groups in total. The molecule has 62 heavy (non-hydrogen) atoms. The number of allylic oxidation sites excluding steroid dienone is 3. The number of aliphatic hydroxyl groups excluding tert-OH is 2. The highest BCUT2D eigenvalue weighted by Gasteiger charge is 2.58. The van der Waals surface area contributed by atoms with Crippen LogP contribution in [0, 0.1) is 5.41 Å². The Bertz CT molecular complexity index is 1740. The maximum Gasteiger partial charge on any atom is 0.331 e. The first-order valence-electron chi connectivity index (χ1n) is 21.2. The molecule has 0 unspecified atom stereocenters. The summed E-state index contributed by atoms with van der Waals surface area (Å²) >= 11 is 0. The first-order valence-corrected chi connectivity index (χ1v) is 21.2. The van der Waals surface area contributed by atoms with E-state index in [1.165, 1.54) is 39.2 Å². The van der Waals surface area contributed by atoms with Crippen LogP contribution in [0.15, 0.2) is 59.8 Å². The number of hydrogen-bond acceptors (Lipinski definition) is 17. The predicted molar refractivity (Wildman–Crippen MR) is 219 cm³/mol. The zero-order valence-electron chi connectivity index (χ0n) is 36.7. The first-order chi connectivity index (χ1) is 29.2. The fraction of sp³-hybridized carbons (Fsp3) is 0.667. The molecule has 3 saturated heterocycles. The number of ether oxygens (including phenoxy) is 8. The fourth-order valence-electron chi connectivity index (χ4n) is 8.24. The lowest BCUT2D eigenvalue weighted by atomic mass is 9.70. The van der Waals surface area contributed by atoms with Crippen LogP contribution in [0.25, 0.3) is 0 Å². The molecule has 0 radical (unpaired) electrons. The summed E-state index contributed by atoms with van der Waals surface area (Å²) in [4.78, 5) is 64.0. The van der Waals surface area contributed by atoms with Gasteiger partial charge in [0.1, 0.15) is 12.2 Å². The van der Waals surface area contributed by atoms with E-state index < -0.39 is 108 Å². The van der Waals surface area contributed by atoms with Gasteiger partial charge in [-0.2, -0.15) is 0 Å². The highest BCUT2D eigenvalue weighted by molar-refractivity contribution is 5.84. The van der Waals surface area contributed by atoms with Gasteiger partial charge in [-0.15, -0.1) is 0 Å². The van der Waals surface area contributed by atoms with Crippen molar-refractivity contribution < 1.29 is 82.3 Å². The summed E-state index contributed by atoms with van der Waals surface area (Å²) in [6.45, 7) is 7.98. The van der Waals surface area contributed by atoms with Crippen molar-refractivity contribution in [1.82, 2.24) is 0 Å². The minimum absolute atomic E-state index is 0.0770. The summed E-state index contributed by atoms with van der Waals surface area (Å²) in [5, 5.41) is 46.8. The number of aliphatic hydroxyl groups is 4. The summed E-state index contributed by atoms with van der Waals surface area (Å²) < 4.78 is 46.0. The molecule has 0 spiro atoms. The van der Waals surface area contributed by atoms with Crippen LogP contribution < -0.4 is 0 Å². The normalized spacial score (nSPS) is 35.7. The van der Waals surface area contributed by atoms with Gasteiger partial charge in [0.2, 0.25) is 5.79 Å². The van der Waals surface area contributed by atoms with E-state index in [-0.39, 0.29) is 56.9 Å². The van der Waals surface area contributed by atoms with E-state index in [9.17, 15) is 44.4 Å². The van der Waals surface area contributed by atoms with Crippen molar-refractivity contribution in [2.24, 2.45) is 5.41 Å². The number of methoxy groups -OCH3 is 2. The quantitative estimate of drug-likeness (QED) is 0.0850. The molecule has 4 aliphatic rings. The molecule has 6 bridgehead atoms. The first kappa shape index (κ1) is 50.4. The maximum absolute atomic E-state index is 13.3. The lowest BCUT2D eigenvalue weighted by Crippen LogP contribution is -2.62. The van der Waals surface area contributed by atoms with Crippen molar-refractivity contribution >= 4 is 29.8 Å². The molecule has 0 aromatic carbocycles. The third-order valence-electron chi connectivity index (χ3n) is 11.6. The van der Waals surface area contributed by atoms with Crippen molar-refractivity contribution in [3.8, 4) is 0 Å². The van der Waals surface area contributed by atoms with Gasteiger partial charge >= 0.3 is 29.8 Å². The molecule has 11 atom stereocenters. The van der Waals surface area contributed by atoms with E-state index in [4.69, 9.17) is 37.9 Å². The Morgan fingerprint density at radius 3 is 2.27 bits per heavy atom. The molecule has 4 rings (SSSR count).